The molecular weight excluding hydrogens is 334 g/mol. The number of hydrogen-bond acceptors (Lipinski definition) is 4. The summed E-state index contributed by atoms with van der Waals surface area (Å²) in [6.45, 7) is 3.69. The molecule has 0 unspecified atom stereocenters. The lowest BCUT2D eigenvalue weighted by Crippen LogP contribution is -2.22. The summed E-state index contributed by atoms with van der Waals surface area (Å²) >= 11 is 6.06. The zero-order valence-electron chi connectivity index (χ0n) is 14.8. The molecule has 0 radical (unpaired) electrons. The molecule has 0 saturated carbocycles. The number of nitriles is 1. The molecule has 2 aromatic heterocycles. The molecule has 2 heterocycles. The molecule has 0 saturated heterocycles. The summed E-state index contributed by atoms with van der Waals surface area (Å²) in [5.41, 5.74) is 5.25. The second kappa shape index (κ2) is 7.30. The molecule has 130 valence electrons. The monoisotopic (exact) mass is 355 g/mol. The topological polar surface area (TPSA) is 56.4 Å². The summed E-state index contributed by atoms with van der Waals surface area (Å²) in [5, 5.41) is 13.3. The van der Waals surface area contributed by atoms with Gasteiger partial charge in [-0.05, 0) is 50.7 Å². The van der Waals surface area contributed by atoms with Crippen LogP contribution in [0.1, 0.15) is 16.7 Å². The standard InChI is InChI=1S/C19H22ClN5/c1-13-14(8-9-20)18(22-10-11-24(2)3)25-17-7-5-4-6-16(17)23-19(25)15(13)12-21/h4-7,22H,8-11H2,1-3H3. The van der Waals surface area contributed by atoms with E-state index in [1.807, 2.05) is 45.3 Å². The third kappa shape index (κ3) is 3.15. The summed E-state index contributed by atoms with van der Waals surface area (Å²) in [7, 11) is 4.10. The lowest BCUT2D eigenvalue weighted by molar-refractivity contribution is 0.425. The van der Waals surface area contributed by atoms with E-state index < -0.39 is 0 Å². The average molecular weight is 356 g/mol. The Bertz CT molecular complexity index is 952. The van der Waals surface area contributed by atoms with E-state index in [4.69, 9.17) is 16.6 Å². The van der Waals surface area contributed by atoms with Crippen LogP contribution in [0.5, 0.6) is 0 Å². The number of benzene rings is 1. The second-order valence-electron chi connectivity index (χ2n) is 6.37. The van der Waals surface area contributed by atoms with Crippen LogP contribution in [0, 0.1) is 18.3 Å². The van der Waals surface area contributed by atoms with E-state index in [2.05, 4.69) is 20.7 Å². The van der Waals surface area contributed by atoms with Crippen LogP contribution < -0.4 is 5.32 Å². The Kier molecular flexibility index (Phi) is 5.12. The molecule has 6 heteroatoms. The Morgan fingerprint density at radius 2 is 2.08 bits per heavy atom. The number of alkyl halides is 1. The minimum absolute atomic E-state index is 0.506. The number of pyridine rings is 1. The molecule has 1 N–H and O–H groups in total. The van der Waals surface area contributed by atoms with Crippen molar-refractivity contribution in [3.63, 3.8) is 0 Å². The van der Waals surface area contributed by atoms with Gasteiger partial charge >= 0.3 is 0 Å². The minimum Gasteiger partial charge on any atom is -0.370 e. The Morgan fingerprint density at radius 3 is 2.76 bits per heavy atom. The van der Waals surface area contributed by atoms with Crippen molar-refractivity contribution in [1.29, 1.82) is 5.26 Å². The van der Waals surface area contributed by atoms with Gasteiger partial charge in [0, 0.05) is 19.0 Å². The van der Waals surface area contributed by atoms with E-state index in [1.165, 1.54) is 0 Å². The fraction of sp³-hybridized carbons (Fsp3) is 0.368. The van der Waals surface area contributed by atoms with E-state index in [0.29, 0.717) is 23.5 Å². The van der Waals surface area contributed by atoms with Crippen LogP contribution in [-0.2, 0) is 6.42 Å². The Hall–Kier alpha value is -2.29. The van der Waals surface area contributed by atoms with Crippen molar-refractivity contribution in [2.45, 2.75) is 13.3 Å². The van der Waals surface area contributed by atoms with E-state index in [0.717, 1.165) is 41.1 Å². The van der Waals surface area contributed by atoms with E-state index in [9.17, 15) is 5.26 Å². The summed E-state index contributed by atoms with van der Waals surface area (Å²) in [4.78, 5) is 6.84. The second-order valence-corrected chi connectivity index (χ2v) is 6.75. The van der Waals surface area contributed by atoms with Crippen molar-refractivity contribution in [2.24, 2.45) is 0 Å². The number of likely N-dealkylation sites (N-methyl/N-ethyl adjacent to an activating group) is 1. The number of anilines is 1. The molecule has 0 aliphatic rings. The van der Waals surface area contributed by atoms with E-state index >= 15 is 0 Å². The molecule has 0 atom stereocenters. The van der Waals surface area contributed by atoms with Gasteiger partial charge in [0.2, 0.25) is 0 Å². The van der Waals surface area contributed by atoms with Crippen LogP contribution in [0.2, 0.25) is 0 Å². The van der Waals surface area contributed by atoms with Crippen molar-refractivity contribution in [3.8, 4) is 6.07 Å². The first-order valence-electron chi connectivity index (χ1n) is 8.35. The summed E-state index contributed by atoms with van der Waals surface area (Å²) in [6, 6.07) is 10.3. The third-order valence-electron chi connectivity index (χ3n) is 4.43. The van der Waals surface area contributed by atoms with E-state index in [1.54, 1.807) is 0 Å². The lowest BCUT2D eigenvalue weighted by Gasteiger charge is -2.19. The van der Waals surface area contributed by atoms with Crippen LogP contribution in [-0.4, -0.2) is 47.3 Å². The van der Waals surface area contributed by atoms with Crippen molar-refractivity contribution in [2.75, 3.05) is 38.4 Å². The van der Waals surface area contributed by atoms with Crippen LogP contribution in [0.15, 0.2) is 24.3 Å². The van der Waals surface area contributed by atoms with Gasteiger partial charge in [0.15, 0.2) is 5.65 Å². The van der Waals surface area contributed by atoms with Gasteiger partial charge in [-0.1, -0.05) is 12.1 Å². The molecule has 0 amide bonds. The van der Waals surface area contributed by atoms with Crippen molar-refractivity contribution >= 4 is 34.1 Å². The molecule has 0 bridgehead atoms. The quantitative estimate of drug-likeness (QED) is 0.688. The maximum atomic E-state index is 9.71. The highest BCUT2D eigenvalue weighted by Crippen LogP contribution is 2.31. The molecule has 0 fully saturated rings. The maximum Gasteiger partial charge on any atom is 0.157 e. The SMILES string of the molecule is Cc1c(CCCl)c(NCCN(C)C)n2c(nc3ccccc32)c1C#N. The van der Waals surface area contributed by atoms with Crippen LogP contribution >= 0.6 is 11.6 Å². The van der Waals surface area contributed by atoms with Crippen molar-refractivity contribution < 1.29 is 0 Å². The fourth-order valence-corrected chi connectivity index (χ4v) is 3.36. The van der Waals surface area contributed by atoms with Gasteiger partial charge in [-0.3, -0.25) is 4.40 Å². The fourth-order valence-electron chi connectivity index (χ4n) is 3.17. The lowest BCUT2D eigenvalue weighted by atomic mass is 10.0. The van der Waals surface area contributed by atoms with Gasteiger partial charge in [0.1, 0.15) is 11.9 Å². The molecule has 25 heavy (non-hydrogen) atoms. The molecule has 5 nitrogen and oxygen atoms in total. The number of hydrogen-bond donors (Lipinski definition) is 1. The number of para-hydroxylation sites is 2. The smallest absolute Gasteiger partial charge is 0.157 e. The van der Waals surface area contributed by atoms with Crippen LogP contribution in [0.25, 0.3) is 16.7 Å². The molecule has 3 rings (SSSR count). The molecule has 3 aromatic rings. The number of aromatic nitrogens is 2. The predicted octanol–water partition coefficient (Wildman–Crippen LogP) is 3.42. The molecule has 1 aromatic carbocycles. The zero-order valence-corrected chi connectivity index (χ0v) is 15.6. The highest BCUT2D eigenvalue weighted by Gasteiger charge is 2.20. The number of halogens is 1. The largest absolute Gasteiger partial charge is 0.370 e. The number of nitrogens with zero attached hydrogens (tertiary/aromatic N) is 4. The number of imidazole rings is 1. The number of rotatable bonds is 6. The summed E-state index contributed by atoms with van der Waals surface area (Å²) < 4.78 is 2.07. The molecule has 0 aliphatic carbocycles. The van der Waals surface area contributed by atoms with Crippen molar-refractivity contribution in [1.82, 2.24) is 14.3 Å². The van der Waals surface area contributed by atoms with Gasteiger partial charge < -0.3 is 10.2 Å². The van der Waals surface area contributed by atoms with Crippen LogP contribution in [0.3, 0.4) is 0 Å². The Morgan fingerprint density at radius 1 is 1.32 bits per heavy atom. The maximum absolute atomic E-state index is 9.71. The first kappa shape index (κ1) is 17.5. The van der Waals surface area contributed by atoms with Gasteiger partial charge in [0.05, 0.1) is 16.6 Å². The predicted molar refractivity (Wildman–Crippen MR) is 104 cm³/mol. The highest BCUT2D eigenvalue weighted by molar-refractivity contribution is 6.18. The number of nitrogens with one attached hydrogen (secondary N) is 1. The molecule has 0 spiro atoms. The van der Waals surface area contributed by atoms with Crippen LogP contribution in [0.4, 0.5) is 5.82 Å². The van der Waals surface area contributed by atoms with Gasteiger partial charge in [0.25, 0.3) is 0 Å². The van der Waals surface area contributed by atoms with Crippen molar-refractivity contribution in [3.05, 3.63) is 41.0 Å². The Balaban J connectivity index is 2.31. The summed E-state index contributed by atoms with van der Waals surface area (Å²) in [5.74, 6) is 1.49. The van der Waals surface area contributed by atoms with Gasteiger partial charge in [-0.15, -0.1) is 11.6 Å². The normalized spacial score (nSPS) is 11.4. The molecular formula is C19H22ClN5. The number of fused-ring (bicyclic) bond motifs is 3. The highest BCUT2D eigenvalue weighted by atomic mass is 35.5. The minimum atomic E-state index is 0.506. The zero-order chi connectivity index (χ0) is 18.0. The third-order valence-corrected chi connectivity index (χ3v) is 4.62. The first-order chi connectivity index (χ1) is 12.1. The average Bonchev–Trinajstić information content (AvgIpc) is 2.96. The first-order valence-corrected chi connectivity index (χ1v) is 8.89. The van der Waals surface area contributed by atoms with E-state index in [-0.39, 0.29) is 0 Å². The Labute approximate surface area is 152 Å². The summed E-state index contributed by atoms with van der Waals surface area (Å²) in [6.07, 6.45) is 0.703. The van der Waals surface area contributed by atoms with Gasteiger partial charge in [-0.25, -0.2) is 4.98 Å². The van der Waals surface area contributed by atoms with Gasteiger partial charge in [-0.2, -0.15) is 5.26 Å². The molecule has 0 aliphatic heterocycles.